The number of aryl methyl sites for hydroxylation is 1. The molecule has 3 nitrogen and oxygen atoms in total. The first-order chi connectivity index (χ1) is 6.87. The van der Waals surface area contributed by atoms with Gasteiger partial charge in [0.1, 0.15) is 0 Å². The highest BCUT2D eigenvalue weighted by Gasteiger charge is 2.11. The van der Waals surface area contributed by atoms with Gasteiger partial charge in [-0.1, -0.05) is 20.8 Å². The predicted octanol–water partition coefficient (Wildman–Crippen LogP) is 2.22. The maximum absolute atomic E-state index is 4.28. The van der Waals surface area contributed by atoms with Crippen molar-refractivity contribution in [2.45, 2.75) is 47.2 Å². The molecule has 0 bridgehead atoms. The maximum atomic E-state index is 4.28. The molecular formula is C12H23N3. The van der Waals surface area contributed by atoms with Gasteiger partial charge in [-0.05, 0) is 24.8 Å². The van der Waals surface area contributed by atoms with Crippen LogP contribution in [0.3, 0.4) is 0 Å². The monoisotopic (exact) mass is 209 g/mol. The van der Waals surface area contributed by atoms with Crippen molar-refractivity contribution in [3.63, 3.8) is 0 Å². The van der Waals surface area contributed by atoms with Gasteiger partial charge in [-0.25, -0.2) is 0 Å². The van der Waals surface area contributed by atoms with Crippen LogP contribution >= 0.6 is 0 Å². The van der Waals surface area contributed by atoms with Crippen molar-refractivity contribution in [1.29, 1.82) is 0 Å². The van der Waals surface area contributed by atoms with Crippen molar-refractivity contribution >= 4 is 0 Å². The highest BCUT2D eigenvalue weighted by atomic mass is 15.3. The molecule has 1 atom stereocenters. The molecule has 0 radical (unpaired) electrons. The van der Waals surface area contributed by atoms with Crippen molar-refractivity contribution in [2.24, 2.45) is 5.41 Å². The first kappa shape index (κ1) is 12.2. The van der Waals surface area contributed by atoms with E-state index in [0.29, 0.717) is 11.5 Å². The molecule has 1 aromatic rings. The van der Waals surface area contributed by atoms with Crippen molar-refractivity contribution in [3.05, 3.63) is 18.0 Å². The van der Waals surface area contributed by atoms with Gasteiger partial charge in [0.2, 0.25) is 0 Å². The number of hydrogen-bond acceptors (Lipinski definition) is 2. The van der Waals surface area contributed by atoms with Crippen molar-refractivity contribution < 1.29 is 0 Å². The Kier molecular flexibility index (Phi) is 3.91. The fraction of sp³-hybridized carbons (Fsp3) is 0.750. The van der Waals surface area contributed by atoms with Crippen LogP contribution in [0.2, 0.25) is 0 Å². The lowest BCUT2D eigenvalue weighted by Crippen LogP contribution is -2.36. The molecular weight excluding hydrogens is 186 g/mol. The van der Waals surface area contributed by atoms with Gasteiger partial charge in [-0.3, -0.25) is 4.68 Å². The molecule has 0 spiro atoms. The molecule has 0 aliphatic carbocycles. The van der Waals surface area contributed by atoms with Crippen LogP contribution < -0.4 is 5.32 Å². The topological polar surface area (TPSA) is 29.9 Å². The lowest BCUT2D eigenvalue weighted by molar-refractivity contribution is 0.339. The lowest BCUT2D eigenvalue weighted by atomic mass is 9.97. The second-order valence-electron chi connectivity index (χ2n) is 5.58. The molecule has 0 saturated heterocycles. The zero-order chi connectivity index (χ0) is 11.5. The van der Waals surface area contributed by atoms with E-state index in [1.165, 1.54) is 5.56 Å². The zero-order valence-corrected chi connectivity index (χ0v) is 10.5. The average Bonchev–Trinajstić information content (AvgIpc) is 2.47. The van der Waals surface area contributed by atoms with E-state index in [9.17, 15) is 0 Å². The molecule has 1 heterocycles. The van der Waals surface area contributed by atoms with Crippen LogP contribution in [0.4, 0.5) is 0 Å². The normalized spacial score (nSPS) is 14.2. The molecule has 1 N–H and O–H groups in total. The molecule has 1 rings (SSSR count). The molecule has 0 saturated carbocycles. The summed E-state index contributed by atoms with van der Waals surface area (Å²) < 4.78 is 2.00. The molecule has 0 unspecified atom stereocenters. The van der Waals surface area contributed by atoms with Crippen LogP contribution in [0.25, 0.3) is 0 Å². The third-order valence-electron chi connectivity index (χ3n) is 2.20. The highest BCUT2D eigenvalue weighted by molar-refractivity contribution is 4.99. The molecule has 3 heteroatoms. The van der Waals surface area contributed by atoms with Gasteiger partial charge in [0.15, 0.2) is 0 Å². The number of nitrogens with zero attached hydrogens (tertiary/aromatic N) is 2. The second-order valence-corrected chi connectivity index (χ2v) is 5.58. The van der Waals surface area contributed by atoms with Crippen molar-refractivity contribution in [3.8, 4) is 0 Å². The van der Waals surface area contributed by atoms with E-state index < -0.39 is 0 Å². The summed E-state index contributed by atoms with van der Waals surface area (Å²) in [4.78, 5) is 0. The van der Waals surface area contributed by atoms with Crippen LogP contribution in [0.15, 0.2) is 12.4 Å². The first-order valence-corrected chi connectivity index (χ1v) is 5.59. The quantitative estimate of drug-likeness (QED) is 0.824. The summed E-state index contributed by atoms with van der Waals surface area (Å²) in [5, 5.41) is 7.80. The van der Waals surface area contributed by atoms with E-state index in [0.717, 1.165) is 13.1 Å². The lowest BCUT2D eigenvalue weighted by Gasteiger charge is -2.22. The molecule has 1 aromatic heterocycles. The van der Waals surface area contributed by atoms with E-state index in [2.05, 4.69) is 51.2 Å². The Balaban J connectivity index is 2.33. The van der Waals surface area contributed by atoms with Gasteiger partial charge in [0.05, 0.1) is 12.7 Å². The fourth-order valence-electron chi connectivity index (χ4n) is 1.39. The highest BCUT2D eigenvalue weighted by Crippen LogP contribution is 2.10. The van der Waals surface area contributed by atoms with Gasteiger partial charge in [0.25, 0.3) is 0 Å². The molecule has 0 aromatic carbocycles. The molecule has 0 aliphatic rings. The summed E-state index contributed by atoms with van der Waals surface area (Å²) >= 11 is 0. The Labute approximate surface area is 92.9 Å². The molecule has 0 fully saturated rings. The van der Waals surface area contributed by atoms with Crippen LogP contribution in [0, 0.1) is 12.3 Å². The number of nitrogens with one attached hydrogen (secondary N) is 1. The molecule has 15 heavy (non-hydrogen) atoms. The van der Waals surface area contributed by atoms with Crippen LogP contribution in [-0.4, -0.2) is 22.4 Å². The maximum Gasteiger partial charge on any atom is 0.0560 e. The third kappa shape index (κ3) is 4.98. The summed E-state index contributed by atoms with van der Waals surface area (Å²) in [5.74, 6) is 0. The average molecular weight is 209 g/mol. The fourth-order valence-corrected chi connectivity index (χ4v) is 1.39. The van der Waals surface area contributed by atoms with Gasteiger partial charge < -0.3 is 5.32 Å². The van der Waals surface area contributed by atoms with Gasteiger partial charge in [0, 0.05) is 18.8 Å². The Morgan fingerprint density at radius 1 is 1.47 bits per heavy atom. The van der Waals surface area contributed by atoms with E-state index in [4.69, 9.17) is 0 Å². The van der Waals surface area contributed by atoms with Crippen LogP contribution in [-0.2, 0) is 6.54 Å². The van der Waals surface area contributed by atoms with Gasteiger partial charge in [-0.2, -0.15) is 5.10 Å². The zero-order valence-electron chi connectivity index (χ0n) is 10.5. The first-order valence-electron chi connectivity index (χ1n) is 5.59. The van der Waals surface area contributed by atoms with Crippen molar-refractivity contribution in [2.75, 3.05) is 6.54 Å². The van der Waals surface area contributed by atoms with Crippen LogP contribution in [0.1, 0.15) is 33.3 Å². The number of rotatable bonds is 4. The Morgan fingerprint density at radius 3 is 2.60 bits per heavy atom. The van der Waals surface area contributed by atoms with Crippen LogP contribution in [0.5, 0.6) is 0 Å². The minimum Gasteiger partial charge on any atom is -0.312 e. The second kappa shape index (κ2) is 4.79. The van der Waals surface area contributed by atoms with E-state index >= 15 is 0 Å². The number of aromatic nitrogens is 2. The molecule has 86 valence electrons. The largest absolute Gasteiger partial charge is 0.312 e. The molecule has 0 aliphatic heterocycles. The molecule has 0 amide bonds. The summed E-state index contributed by atoms with van der Waals surface area (Å²) in [5.41, 5.74) is 1.56. The van der Waals surface area contributed by atoms with Gasteiger partial charge >= 0.3 is 0 Å². The number of hydrogen-bond donors (Lipinski definition) is 1. The Bertz CT molecular complexity index is 296. The van der Waals surface area contributed by atoms with E-state index in [-0.39, 0.29) is 0 Å². The Hall–Kier alpha value is -0.830. The van der Waals surface area contributed by atoms with Gasteiger partial charge in [-0.15, -0.1) is 0 Å². The summed E-state index contributed by atoms with van der Waals surface area (Å²) in [6.07, 6.45) is 3.98. The summed E-state index contributed by atoms with van der Waals surface area (Å²) in [6.45, 7) is 13.0. The minimum atomic E-state index is 0.342. The minimum absolute atomic E-state index is 0.342. The Morgan fingerprint density at radius 2 is 2.13 bits per heavy atom. The van der Waals surface area contributed by atoms with Crippen molar-refractivity contribution in [1.82, 2.24) is 15.1 Å². The predicted molar refractivity (Wildman–Crippen MR) is 63.9 cm³/mol. The standard InChI is InChI=1S/C12H23N3/c1-10-6-14-15(7-10)8-11(2)13-9-12(3,4)5/h6-7,11,13H,8-9H2,1-5H3/t11-/m0/s1. The summed E-state index contributed by atoms with van der Waals surface area (Å²) in [7, 11) is 0. The third-order valence-corrected chi connectivity index (χ3v) is 2.20. The summed E-state index contributed by atoms with van der Waals surface area (Å²) in [6, 6.07) is 0.462. The van der Waals surface area contributed by atoms with E-state index in [1.54, 1.807) is 0 Å². The van der Waals surface area contributed by atoms with E-state index in [1.807, 2.05) is 10.9 Å². The SMILES string of the molecule is Cc1cnn(C[C@H](C)NCC(C)(C)C)c1. The smallest absolute Gasteiger partial charge is 0.0560 e.